The molecule has 88 valence electrons. The van der Waals surface area contributed by atoms with Gasteiger partial charge in [-0.1, -0.05) is 6.07 Å². The molecule has 0 aliphatic heterocycles. The Kier molecular flexibility index (Phi) is 3.05. The SMILES string of the molecule is c1nc(CCNc2ccc3c(n2)CCC3)cs1. The molecule has 2 aromatic rings. The summed E-state index contributed by atoms with van der Waals surface area (Å²) >= 11 is 1.65. The van der Waals surface area contributed by atoms with Crippen molar-refractivity contribution in [2.45, 2.75) is 25.7 Å². The Morgan fingerprint density at radius 3 is 3.18 bits per heavy atom. The number of nitrogens with one attached hydrogen (secondary N) is 1. The summed E-state index contributed by atoms with van der Waals surface area (Å²) in [4.78, 5) is 8.91. The van der Waals surface area contributed by atoms with Gasteiger partial charge in [0.15, 0.2) is 0 Å². The first-order valence-electron chi connectivity index (χ1n) is 6.01. The van der Waals surface area contributed by atoms with Crippen molar-refractivity contribution < 1.29 is 0 Å². The lowest BCUT2D eigenvalue weighted by Gasteiger charge is -2.06. The number of pyridine rings is 1. The molecule has 0 saturated carbocycles. The number of hydrogen-bond donors (Lipinski definition) is 1. The van der Waals surface area contributed by atoms with E-state index in [9.17, 15) is 0 Å². The molecule has 0 spiro atoms. The molecule has 0 saturated heterocycles. The zero-order valence-electron chi connectivity index (χ0n) is 9.65. The van der Waals surface area contributed by atoms with Gasteiger partial charge in [-0.15, -0.1) is 11.3 Å². The van der Waals surface area contributed by atoms with Crippen molar-refractivity contribution >= 4 is 17.2 Å². The Hall–Kier alpha value is -1.42. The maximum Gasteiger partial charge on any atom is 0.126 e. The zero-order valence-corrected chi connectivity index (χ0v) is 10.5. The molecule has 1 aliphatic carbocycles. The van der Waals surface area contributed by atoms with Gasteiger partial charge in [0.25, 0.3) is 0 Å². The fourth-order valence-electron chi connectivity index (χ4n) is 2.20. The molecule has 0 amide bonds. The molecule has 0 atom stereocenters. The van der Waals surface area contributed by atoms with Gasteiger partial charge in [-0.2, -0.15) is 0 Å². The smallest absolute Gasteiger partial charge is 0.126 e. The van der Waals surface area contributed by atoms with Gasteiger partial charge < -0.3 is 5.32 Å². The van der Waals surface area contributed by atoms with E-state index in [1.54, 1.807) is 11.3 Å². The van der Waals surface area contributed by atoms with Crippen molar-refractivity contribution in [2.75, 3.05) is 11.9 Å². The molecule has 2 heterocycles. The maximum absolute atomic E-state index is 4.64. The number of rotatable bonds is 4. The summed E-state index contributed by atoms with van der Waals surface area (Å²) in [6.07, 6.45) is 4.55. The van der Waals surface area contributed by atoms with E-state index in [2.05, 4.69) is 32.8 Å². The molecule has 3 nitrogen and oxygen atoms in total. The first kappa shape index (κ1) is 10.7. The van der Waals surface area contributed by atoms with Crippen LogP contribution in [0, 0.1) is 0 Å². The molecule has 2 aromatic heterocycles. The van der Waals surface area contributed by atoms with Crippen LogP contribution in [0.25, 0.3) is 0 Å². The van der Waals surface area contributed by atoms with Crippen LogP contribution >= 0.6 is 11.3 Å². The quantitative estimate of drug-likeness (QED) is 0.900. The second kappa shape index (κ2) is 4.84. The number of hydrogen-bond acceptors (Lipinski definition) is 4. The minimum Gasteiger partial charge on any atom is -0.370 e. The Morgan fingerprint density at radius 2 is 2.29 bits per heavy atom. The Balaban J connectivity index is 1.58. The van der Waals surface area contributed by atoms with Crippen molar-refractivity contribution in [2.24, 2.45) is 0 Å². The molecule has 0 bridgehead atoms. The van der Waals surface area contributed by atoms with Crippen molar-refractivity contribution in [1.29, 1.82) is 0 Å². The molecule has 1 aliphatic rings. The molecule has 3 rings (SSSR count). The summed E-state index contributed by atoms with van der Waals surface area (Å²) in [5.41, 5.74) is 5.74. The Labute approximate surface area is 105 Å². The number of aromatic nitrogens is 2. The second-order valence-electron chi connectivity index (χ2n) is 4.31. The van der Waals surface area contributed by atoms with E-state index in [4.69, 9.17) is 0 Å². The highest BCUT2D eigenvalue weighted by Crippen LogP contribution is 2.21. The fourth-order valence-corrected chi connectivity index (χ4v) is 2.79. The molecule has 0 aromatic carbocycles. The highest BCUT2D eigenvalue weighted by molar-refractivity contribution is 7.07. The van der Waals surface area contributed by atoms with Crippen LogP contribution in [0.3, 0.4) is 0 Å². The van der Waals surface area contributed by atoms with Crippen molar-refractivity contribution in [1.82, 2.24) is 9.97 Å². The number of thiazole rings is 1. The van der Waals surface area contributed by atoms with E-state index < -0.39 is 0 Å². The van der Waals surface area contributed by atoms with Gasteiger partial charge >= 0.3 is 0 Å². The molecular formula is C13H15N3S. The third-order valence-corrected chi connectivity index (χ3v) is 3.73. The summed E-state index contributed by atoms with van der Waals surface area (Å²) < 4.78 is 0. The van der Waals surface area contributed by atoms with Gasteiger partial charge in [0, 0.05) is 24.0 Å². The Bertz CT molecular complexity index is 493. The predicted octanol–water partition coefficient (Wildman–Crippen LogP) is 2.68. The molecule has 1 N–H and O–H groups in total. The van der Waals surface area contributed by atoms with E-state index >= 15 is 0 Å². The van der Waals surface area contributed by atoms with E-state index in [1.165, 1.54) is 24.1 Å². The average molecular weight is 245 g/mol. The van der Waals surface area contributed by atoms with Crippen LogP contribution in [-0.4, -0.2) is 16.5 Å². The van der Waals surface area contributed by atoms with E-state index in [0.717, 1.165) is 30.9 Å². The lowest BCUT2D eigenvalue weighted by Crippen LogP contribution is -2.07. The van der Waals surface area contributed by atoms with Gasteiger partial charge in [-0.25, -0.2) is 9.97 Å². The van der Waals surface area contributed by atoms with Crippen LogP contribution in [0.2, 0.25) is 0 Å². The third-order valence-electron chi connectivity index (χ3n) is 3.10. The van der Waals surface area contributed by atoms with Crippen LogP contribution in [0.1, 0.15) is 23.4 Å². The van der Waals surface area contributed by atoms with Gasteiger partial charge in [0.1, 0.15) is 5.82 Å². The van der Waals surface area contributed by atoms with Crippen LogP contribution in [0.5, 0.6) is 0 Å². The second-order valence-corrected chi connectivity index (χ2v) is 5.03. The lowest BCUT2D eigenvalue weighted by molar-refractivity contribution is 0.898. The first-order valence-corrected chi connectivity index (χ1v) is 6.96. The minimum absolute atomic E-state index is 0.898. The van der Waals surface area contributed by atoms with Crippen molar-refractivity contribution in [3.8, 4) is 0 Å². The molecule has 0 unspecified atom stereocenters. The maximum atomic E-state index is 4.64. The van der Waals surface area contributed by atoms with E-state index in [1.807, 2.05) is 5.51 Å². The average Bonchev–Trinajstić information content (AvgIpc) is 2.98. The molecule has 4 heteroatoms. The van der Waals surface area contributed by atoms with Crippen LogP contribution in [0.15, 0.2) is 23.0 Å². The monoisotopic (exact) mass is 245 g/mol. The van der Waals surface area contributed by atoms with Gasteiger partial charge in [0.05, 0.1) is 11.2 Å². The van der Waals surface area contributed by atoms with Gasteiger partial charge in [-0.05, 0) is 30.9 Å². The van der Waals surface area contributed by atoms with E-state index in [-0.39, 0.29) is 0 Å². The first-order chi connectivity index (χ1) is 8.42. The molecule has 0 radical (unpaired) electrons. The van der Waals surface area contributed by atoms with Crippen molar-refractivity contribution in [3.05, 3.63) is 40.0 Å². The largest absolute Gasteiger partial charge is 0.370 e. The summed E-state index contributed by atoms with van der Waals surface area (Å²) in [6, 6.07) is 4.30. The Morgan fingerprint density at radius 1 is 1.29 bits per heavy atom. The highest BCUT2D eigenvalue weighted by atomic mass is 32.1. The normalized spacial score (nSPS) is 13.6. The fraction of sp³-hybridized carbons (Fsp3) is 0.385. The molecular weight excluding hydrogens is 230 g/mol. The number of nitrogens with zero attached hydrogens (tertiary/aromatic N) is 2. The van der Waals surface area contributed by atoms with Gasteiger partial charge in [-0.3, -0.25) is 0 Å². The highest BCUT2D eigenvalue weighted by Gasteiger charge is 2.11. The summed E-state index contributed by atoms with van der Waals surface area (Å²) in [6.45, 7) is 0.898. The minimum atomic E-state index is 0.898. The predicted molar refractivity (Wildman–Crippen MR) is 70.6 cm³/mol. The summed E-state index contributed by atoms with van der Waals surface area (Å²) in [7, 11) is 0. The summed E-state index contributed by atoms with van der Waals surface area (Å²) in [5.74, 6) is 1.00. The summed E-state index contributed by atoms with van der Waals surface area (Å²) in [5, 5.41) is 5.46. The lowest BCUT2D eigenvalue weighted by atomic mass is 10.2. The van der Waals surface area contributed by atoms with Crippen molar-refractivity contribution in [3.63, 3.8) is 0 Å². The number of fused-ring (bicyclic) bond motifs is 1. The van der Waals surface area contributed by atoms with Crippen LogP contribution in [-0.2, 0) is 19.3 Å². The van der Waals surface area contributed by atoms with Crippen LogP contribution < -0.4 is 5.32 Å². The topological polar surface area (TPSA) is 37.8 Å². The van der Waals surface area contributed by atoms with Crippen LogP contribution in [0.4, 0.5) is 5.82 Å². The molecule has 17 heavy (non-hydrogen) atoms. The number of aryl methyl sites for hydroxylation is 2. The molecule has 0 fully saturated rings. The number of anilines is 1. The zero-order chi connectivity index (χ0) is 11.5. The van der Waals surface area contributed by atoms with E-state index in [0.29, 0.717) is 0 Å². The third kappa shape index (κ3) is 2.47. The van der Waals surface area contributed by atoms with Gasteiger partial charge in [0.2, 0.25) is 0 Å². The standard InChI is InChI=1S/C13H15N3S/c1-2-10-4-5-13(16-12(10)3-1)14-7-6-11-8-17-9-15-11/h4-5,8-9H,1-3,6-7H2,(H,14,16).